The lowest BCUT2D eigenvalue weighted by Gasteiger charge is -2.16. The Hall–Kier alpha value is -1.23. The maximum Gasteiger partial charge on any atom is 0.198 e. The van der Waals surface area contributed by atoms with E-state index in [9.17, 15) is 5.11 Å². The number of hydrogen-bond donors (Lipinski definition) is 3. The van der Waals surface area contributed by atoms with E-state index in [2.05, 4.69) is 10.3 Å². The van der Waals surface area contributed by atoms with E-state index in [1.165, 1.54) is 0 Å². The number of aliphatic imine (C=N–C) groups is 1. The van der Waals surface area contributed by atoms with Crippen molar-refractivity contribution in [3.05, 3.63) is 11.5 Å². The predicted molar refractivity (Wildman–Crippen MR) is 38.8 cm³/mol. The van der Waals surface area contributed by atoms with Crippen LogP contribution in [0.4, 0.5) is 0 Å². The summed E-state index contributed by atoms with van der Waals surface area (Å²) in [4.78, 5) is 3.94. The van der Waals surface area contributed by atoms with Gasteiger partial charge in [-0.1, -0.05) is 0 Å². The summed E-state index contributed by atoms with van der Waals surface area (Å²) < 4.78 is 5.17. The number of aliphatic hydroxyl groups excluding tert-OH is 1. The third-order valence-corrected chi connectivity index (χ3v) is 1.75. The first-order chi connectivity index (χ1) is 5.27. The molecule has 2 aliphatic heterocycles. The number of rotatable bonds is 0. The van der Waals surface area contributed by atoms with Crippen LogP contribution in [-0.2, 0) is 4.74 Å². The number of nitrogens with zero attached hydrogens (tertiary/aromatic N) is 1. The van der Waals surface area contributed by atoms with Crippen LogP contribution in [0.3, 0.4) is 0 Å². The average Bonchev–Trinajstić information content (AvgIpc) is 2.34. The molecule has 60 valence electrons. The third-order valence-electron chi connectivity index (χ3n) is 1.75. The van der Waals surface area contributed by atoms with Gasteiger partial charge in [0.2, 0.25) is 0 Å². The summed E-state index contributed by atoms with van der Waals surface area (Å²) in [6.07, 6.45) is 0.372. The van der Waals surface area contributed by atoms with Gasteiger partial charge in [0.25, 0.3) is 0 Å². The summed E-state index contributed by atoms with van der Waals surface area (Å²) >= 11 is 0. The lowest BCUT2D eigenvalue weighted by Crippen LogP contribution is -2.37. The molecule has 0 aromatic heterocycles. The summed E-state index contributed by atoms with van der Waals surface area (Å²) in [6.45, 7) is 0.600. The lowest BCUT2D eigenvalue weighted by atomic mass is 10.2. The van der Waals surface area contributed by atoms with Crippen LogP contribution in [0.5, 0.6) is 0 Å². The van der Waals surface area contributed by atoms with Gasteiger partial charge >= 0.3 is 0 Å². The van der Waals surface area contributed by atoms with Crippen molar-refractivity contribution in [2.24, 2.45) is 10.7 Å². The molecule has 0 radical (unpaired) electrons. The van der Waals surface area contributed by atoms with Crippen LogP contribution >= 0.6 is 0 Å². The van der Waals surface area contributed by atoms with Gasteiger partial charge in [-0.2, -0.15) is 0 Å². The molecule has 2 heterocycles. The molecule has 4 N–H and O–H groups in total. The molecule has 0 aliphatic carbocycles. The first-order valence-corrected chi connectivity index (χ1v) is 3.41. The standard InChI is InChI=1S/C6H9N3O2/c7-6-8-4(10)3-1-2-11-5(3)9-6/h5,10H,1-2H2,(H3,7,8,9). The minimum atomic E-state index is -0.351. The second-order valence-electron chi connectivity index (χ2n) is 2.49. The molecule has 1 saturated heterocycles. The maximum atomic E-state index is 9.28. The van der Waals surface area contributed by atoms with E-state index in [1.54, 1.807) is 0 Å². The Balaban J connectivity index is 2.31. The van der Waals surface area contributed by atoms with E-state index in [4.69, 9.17) is 10.5 Å². The van der Waals surface area contributed by atoms with Gasteiger partial charge in [-0.05, 0) is 0 Å². The summed E-state index contributed by atoms with van der Waals surface area (Å²) in [5.74, 6) is 0.304. The molecular weight excluding hydrogens is 146 g/mol. The monoisotopic (exact) mass is 155 g/mol. The van der Waals surface area contributed by atoms with Gasteiger partial charge in [0, 0.05) is 12.0 Å². The molecule has 2 rings (SSSR count). The Morgan fingerprint density at radius 1 is 1.73 bits per heavy atom. The van der Waals surface area contributed by atoms with Gasteiger partial charge in [0.15, 0.2) is 18.1 Å². The van der Waals surface area contributed by atoms with Crippen LogP contribution in [0.25, 0.3) is 0 Å². The summed E-state index contributed by atoms with van der Waals surface area (Å²) in [7, 11) is 0. The molecule has 1 fully saturated rings. The number of hydrogen-bond acceptors (Lipinski definition) is 5. The van der Waals surface area contributed by atoms with Crippen LogP contribution < -0.4 is 11.1 Å². The maximum absolute atomic E-state index is 9.28. The Morgan fingerprint density at radius 3 is 3.36 bits per heavy atom. The van der Waals surface area contributed by atoms with Crippen LogP contribution in [-0.4, -0.2) is 23.9 Å². The molecule has 2 aliphatic rings. The highest BCUT2D eigenvalue weighted by atomic mass is 16.5. The summed E-state index contributed by atoms with van der Waals surface area (Å²) in [5.41, 5.74) is 6.14. The van der Waals surface area contributed by atoms with Crippen LogP contribution in [0.2, 0.25) is 0 Å². The van der Waals surface area contributed by atoms with Gasteiger partial charge in [0.05, 0.1) is 6.61 Å². The fourth-order valence-electron chi connectivity index (χ4n) is 1.22. The smallest absolute Gasteiger partial charge is 0.198 e. The zero-order valence-electron chi connectivity index (χ0n) is 5.87. The fourth-order valence-corrected chi connectivity index (χ4v) is 1.22. The number of guanidine groups is 1. The Labute approximate surface area is 63.6 Å². The SMILES string of the molecule is NC1=NC2OCCC2=C(O)N1. The Morgan fingerprint density at radius 2 is 2.55 bits per heavy atom. The van der Waals surface area contributed by atoms with E-state index in [-0.39, 0.29) is 18.1 Å². The first kappa shape index (κ1) is 6.48. The van der Waals surface area contributed by atoms with E-state index in [1.807, 2.05) is 0 Å². The molecule has 0 aromatic rings. The van der Waals surface area contributed by atoms with Gasteiger partial charge in [-0.25, -0.2) is 4.99 Å². The number of ether oxygens (including phenoxy) is 1. The number of aliphatic hydroxyl groups is 1. The van der Waals surface area contributed by atoms with E-state index in [0.29, 0.717) is 6.61 Å². The Bertz CT molecular complexity index is 246. The molecule has 0 bridgehead atoms. The zero-order chi connectivity index (χ0) is 7.84. The molecule has 1 unspecified atom stereocenters. The molecule has 5 heteroatoms. The van der Waals surface area contributed by atoms with E-state index < -0.39 is 0 Å². The highest BCUT2D eigenvalue weighted by Gasteiger charge is 2.28. The largest absolute Gasteiger partial charge is 0.494 e. The quantitative estimate of drug-likeness (QED) is 0.437. The van der Waals surface area contributed by atoms with Crippen molar-refractivity contribution in [1.82, 2.24) is 5.32 Å². The number of nitrogens with one attached hydrogen (secondary N) is 1. The topological polar surface area (TPSA) is 79.9 Å². The normalized spacial score (nSPS) is 29.5. The van der Waals surface area contributed by atoms with Crippen molar-refractivity contribution in [2.45, 2.75) is 12.6 Å². The second-order valence-corrected chi connectivity index (χ2v) is 2.49. The van der Waals surface area contributed by atoms with Crippen molar-refractivity contribution in [2.75, 3.05) is 6.61 Å². The predicted octanol–water partition coefficient (Wildman–Crippen LogP) is -0.580. The third kappa shape index (κ3) is 0.932. The molecule has 0 saturated carbocycles. The highest BCUT2D eigenvalue weighted by molar-refractivity contribution is 5.80. The van der Waals surface area contributed by atoms with Crippen molar-refractivity contribution in [1.29, 1.82) is 0 Å². The molecule has 5 nitrogen and oxygen atoms in total. The van der Waals surface area contributed by atoms with Crippen molar-refractivity contribution >= 4 is 5.96 Å². The molecule has 11 heavy (non-hydrogen) atoms. The van der Waals surface area contributed by atoms with Gasteiger partial charge in [0.1, 0.15) is 0 Å². The molecule has 0 spiro atoms. The van der Waals surface area contributed by atoms with Crippen LogP contribution in [0, 0.1) is 0 Å². The van der Waals surface area contributed by atoms with Crippen LogP contribution in [0.1, 0.15) is 6.42 Å². The molecule has 1 atom stereocenters. The molecule has 0 amide bonds. The molecule has 0 aromatic carbocycles. The fraction of sp³-hybridized carbons (Fsp3) is 0.500. The van der Waals surface area contributed by atoms with E-state index in [0.717, 1.165) is 12.0 Å². The van der Waals surface area contributed by atoms with Gasteiger partial charge in [-0.3, -0.25) is 5.32 Å². The van der Waals surface area contributed by atoms with Crippen LogP contribution in [0.15, 0.2) is 16.4 Å². The van der Waals surface area contributed by atoms with Crippen molar-refractivity contribution in [3.8, 4) is 0 Å². The number of nitrogens with two attached hydrogens (primary N) is 1. The lowest BCUT2D eigenvalue weighted by molar-refractivity contribution is 0.127. The summed E-state index contributed by atoms with van der Waals surface area (Å²) in [6, 6.07) is 0. The van der Waals surface area contributed by atoms with Gasteiger partial charge in [-0.15, -0.1) is 0 Å². The average molecular weight is 155 g/mol. The molecular formula is C6H9N3O2. The first-order valence-electron chi connectivity index (χ1n) is 3.41. The minimum absolute atomic E-state index is 0.0972. The zero-order valence-corrected chi connectivity index (χ0v) is 5.87. The number of fused-ring (bicyclic) bond motifs is 1. The van der Waals surface area contributed by atoms with E-state index >= 15 is 0 Å². The van der Waals surface area contributed by atoms with Crippen molar-refractivity contribution < 1.29 is 9.84 Å². The highest BCUT2D eigenvalue weighted by Crippen LogP contribution is 2.24. The van der Waals surface area contributed by atoms with Crippen molar-refractivity contribution in [3.63, 3.8) is 0 Å². The minimum Gasteiger partial charge on any atom is -0.494 e. The second kappa shape index (κ2) is 2.13. The Kier molecular flexibility index (Phi) is 1.25. The summed E-state index contributed by atoms with van der Waals surface area (Å²) in [5, 5.41) is 11.8. The van der Waals surface area contributed by atoms with Gasteiger partial charge < -0.3 is 15.6 Å².